The monoisotopic (exact) mass is 465 g/mol. The molecule has 33 heavy (non-hydrogen) atoms. The van der Waals surface area contributed by atoms with Crippen LogP contribution in [0.4, 0.5) is 8.78 Å². The van der Waals surface area contributed by atoms with E-state index < -0.39 is 17.2 Å². The first-order valence-corrected chi connectivity index (χ1v) is 11.9. The van der Waals surface area contributed by atoms with Crippen LogP contribution in [0.1, 0.15) is 45.9 Å². The average molecular weight is 466 g/mol. The summed E-state index contributed by atoms with van der Waals surface area (Å²) >= 11 is 1.76. The Hall–Kier alpha value is -2.80. The minimum Gasteiger partial charge on any atom is -0.461 e. The summed E-state index contributed by atoms with van der Waals surface area (Å²) in [5.74, 6) is -0.0326. The van der Waals surface area contributed by atoms with E-state index in [0.29, 0.717) is 18.3 Å². The minimum atomic E-state index is -1.82. The fraction of sp³-hybridized carbons (Fsp3) is 0.259. The van der Waals surface area contributed by atoms with E-state index in [2.05, 4.69) is 23.3 Å². The lowest BCUT2D eigenvalue weighted by Gasteiger charge is -2.27. The summed E-state index contributed by atoms with van der Waals surface area (Å²) in [4.78, 5) is 3.73. The second kappa shape index (κ2) is 8.86. The van der Waals surface area contributed by atoms with Crippen molar-refractivity contribution in [2.75, 3.05) is 0 Å². The molecular weight excluding hydrogens is 440 g/mol. The van der Waals surface area contributed by atoms with E-state index in [1.807, 2.05) is 6.07 Å². The number of aryl methyl sites for hydroxylation is 1. The molecule has 1 fully saturated rings. The van der Waals surface area contributed by atoms with E-state index in [0.717, 1.165) is 19.4 Å². The van der Waals surface area contributed by atoms with Crippen LogP contribution in [0, 0.1) is 18.6 Å². The molecule has 0 bridgehead atoms. The topological polar surface area (TPSA) is 36.6 Å². The van der Waals surface area contributed by atoms with Crippen molar-refractivity contribution >= 4 is 11.3 Å². The molecule has 4 aromatic rings. The maximum Gasteiger partial charge on any atom is 0.173 e. The number of aliphatic hydroxyl groups is 1. The van der Waals surface area contributed by atoms with Crippen LogP contribution in [0.5, 0.6) is 0 Å². The first-order valence-electron chi connectivity index (χ1n) is 11.0. The standard InChI is InChI=1S/C27H25F2NO2S/c1-18-12-13-33-25(18)17-30(23-8-9-23)16-24-10-11-26(32-24)27(31,19-4-2-6-21(28)14-19)20-5-3-7-22(29)15-20/h2-7,10-15,23,31H,8-9,16-17H2,1H3. The maximum atomic E-state index is 14.1. The van der Waals surface area contributed by atoms with E-state index in [1.165, 1.54) is 46.8 Å². The predicted octanol–water partition coefficient (Wildman–Crippen LogP) is 6.38. The van der Waals surface area contributed by atoms with Crippen molar-refractivity contribution in [3.63, 3.8) is 0 Å². The Kier molecular flexibility index (Phi) is 5.91. The largest absolute Gasteiger partial charge is 0.461 e. The number of nitrogens with zero attached hydrogens (tertiary/aromatic N) is 1. The number of benzene rings is 2. The Bertz CT molecular complexity index is 1210. The van der Waals surface area contributed by atoms with Gasteiger partial charge in [0.1, 0.15) is 23.2 Å². The van der Waals surface area contributed by atoms with Crippen LogP contribution in [-0.2, 0) is 18.7 Å². The molecule has 0 amide bonds. The van der Waals surface area contributed by atoms with Crippen molar-refractivity contribution < 1.29 is 18.3 Å². The fourth-order valence-corrected chi connectivity index (χ4v) is 5.17. The average Bonchev–Trinajstić information content (AvgIpc) is 3.42. The lowest BCUT2D eigenvalue weighted by Crippen LogP contribution is -2.29. The van der Waals surface area contributed by atoms with E-state index >= 15 is 0 Å². The molecule has 0 radical (unpaired) electrons. The Morgan fingerprint density at radius 1 is 0.970 bits per heavy atom. The SMILES string of the molecule is Cc1ccsc1CN(Cc1ccc(C(O)(c2cccc(F)c2)c2cccc(F)c2)o1)C1CC1. The summed E-state index contributed by atoms with van der Waals surface area (Å²) < 4.78 is 34.3. The first kappa shape index (κ1) is 22.0. The smallest absolute Gasteiger partial charge is 0.173 e. The third-order valence-electron chi connectivity index (χ3n) is 6.24. The molecule has 0 aliphatic heterocycles. The van der Waals surface area contributed by atoms with Gasteiger partial charge in [-0.2, -0.15) is 0 Å². The van der Waals surface area contributed by atoms with Crippen LogP contribution in [-0.4, -0.2) is 16.0 Å². The third kappa shape index (κ3) is 4.51. The van der Waals surface area contributed by atoms with Gasteiger partial charge in [-0.1, -0.05) is 24.3 Å². The molecule has 1 saturated carbocycles. The normalized spacial score (nSPS) is 14.2. The first-order chi connectivity index (χ1) is 15.9. The molecule has 3 nitrogen and oxygen atoms in total. The van der Waals surface area contributed by atoms with Gasteiger partial charge in [0.05, 0.1) is 6.54 Å². The van der Waals surface area contributed by atoms with Gasteiger partial charge < -0.3 is 9.52 Å². The lowest BCUT2D eigenvalue weighted by molar-refractivity contribution is 0.0943. The summed E-state index contributed by atoms with van der Waals surface area (Å²) in [5, 5.41) is 14.0. The Morgan fingerprint density at radius 3 is 2.18 bits per heavy atom. The highest BCUT2D eigenvalue weighted by molar-refractivity contribution is 7.10. The summed E-state index contributed by atoms with van der Waals surface area (Å²) in [5.41, 5.74) is 0.0267. The quantitative estimate of drug-likeness (QED) is 0.328. The van der Waals surface area contributed by atoms with Gasteiger partial charge in [0.2, 0.25) is 0 Å². The Balaban J connectivity index is 1.49. The number of furan rings is 1. The van der Waals surface area contributed by atoms with Crippen LogP contribution >= 0.6 is 11.3 Å². The molecule has 2 heterocycles. The van der Waals surface area contributed by atoms with Gasteiger partial charge in [0.25, 0.3) is 0 Å². The van der Waals surface area contributed by atoms with E-state index in [-0.39, 0.29) is 16.9 Å². The van der Waals surface area contributed by atoms with Crippen LogP contribution in [0.25, 0.3) is 0 Å². The summed E-state index contributed by atoms with van der Waals surface area (Å²) in [6, 6.07) is 17.6. The van der Waals surface area contributed by atoms with Gasteiger partial charge in [-0.05, 0) is 84.3 Å². The van der Waals surface area contributed by atoms with Crippen molar-refractivity contribution in [3.8, 4) is 0 Å². The zero-order valence-corrected chi connectivity index (χ0v) is 19.1. The summed E-state index contributed by atoms with van der Waals surface area (Å²) in [7, 11) is 0. The lowest BCUT2D eigenvalue weighted by atomic mass is 9.84. The maximum absolute atomic E-state index is 14.1. The number of hydrogen-bond donors (Lipinski definition) is 1. The molecule has 0 atom stereocenters. The van der Waals surface area contributed by atoms with E-state index in [4.69, 9.17) is 4.42 Å². The Morgan fingerprint density at radius 2 is 1.64 bits per heavy atom. The number of rotatable bonds is 8. The van der Waals surface area contributed by atoms with Gasteiger partial charge in [-0.25, -0.2) is 8.78 Å². The molecule has 6 heteroatoms. The number of thiophene rings is 1. The molecule has 5 rings (SSSR count). The third-order valence-corrected chi connectivity index (χ3v) is 7.25. The molecular formula is C27H25F2NO2S. The highest BCUT2D eigenvalue weighted by Crippen LogP contribution is 2.39. The number of halogens is 2. The van der Waals surface area contributed by atoms with Crippen molar-refractivity contribution in [2.24, 2.45) is 0 Å². The van der Waals surface area contributed by atoms with Gasteiger partial charge in [0.15, 0.2) is 5.60 Å². The van der Waals surface area contributed by atoms with Gasteiger partial charge in [-0.3, -0.25) is 4.90 Å². The Labute approximate surface area is 195 Å². The van der Waals surface area contributed by atoms with Gasteiger partial charge in [-0.15, -0.1) is 11.3 Å². The highest BCUT2D eigenvalue weighted by Gasteiger charge is 2.38. The second-order valence-electron chi connectivity index (χ2n) is 8.66. The van der Waals surface area contributed by atoms with Crippen LogP contribution < -0.4 is 0 Å². The van der Waals surface area contributed by atoms with Crippen molar-refractivity contribution in [3.05, 3.63) is 117 Å². The van der Waals surface area contributed by atoms with Gasteiger partial charge in [0, 0.05) is 17.5 Å². The fourth-order valence-electron chi connectivity index (χ4n) is 4.24. The molecule has 1 N–H and O–H groups in total. The highest BCUT2D eigenvalue weighted by atomic mass is 32.1. The van der Waals surface area contributed by atoms with Crippen LogP contribution in [0.15, 0.2) is 76.5 Å². The van der Waals surface area contributed by atoms with Crippen molar-refractivity contribution in [1.82, 2.24) is 4.90 Å². The predicted molar refractivity (Wildman–Crippen MR) is 125 cm³/mol. The molecule has 2 aromatic carbocycles. The molecule has 1 aliphatic carbocycles. The molecule has 170 valence electrons. The summed E-state index contributed by atoms with van der Waals surface area (Å²) in [6.45, 7) is 3.58. The molecule has 0 saturated heterocycles. The van der Waals surface area contributed by atoms with Crippen LogP contribution in [0.3, 0.4) is 0 Å². The molecule has 2 aromatic heterocycles. The zero-order chi connectivity index (χ0) is 23.0. The van der Waals surface area contributed by atoms with Gasteiger partial charge >= 0.3 is 0 Å². The van der Waals surface area contributed by atoms with Crippen molar-refractivity contribution in [2.45, 2.75) is 44.5 Å². The van der Waals surface area contributed by atoms with Crippen LogP contribution in [0.2, 0.25) is 0 Å². The molecule has 0 spiro atoms. The van der Waals surface area contributed by atoms with E-state index in [9.17, 15) is 13.9 Å². The minimum absolute atomic E-state index is 0.233. The molecule has 1 aliphatic rings. The van der Waals surface area contributed by atoms with E-state index in [1.54, 1.807) is 29.5 Å². The zero-order valence-electron chi connectivity index (χ0n) is 18.3. The summed E-state index contributed by atoms with van der Waals surface area (Å²) in [6.07, 6.45) is 2.32. The second-order valence-corrected chi connectivity index (χ2v) is 9.66. The molecule has 0 unspecified atom stereocenters. The van der Waals surface area contributed by atoms with Crippen molar-refractivity contribution in [1.29, 1.82) is 0 Å². The number of hydrogen-bond acceptors (Lipinski definition) is 4.